The summed E-state index contributed by atoms with van der Waals surface area (Å²) in [4.78, 5) is 11.4. The third-order valence-corrected chi connectivity index (χ3v) is 6.54. The number of hydrogen-bond acceptors (Lipinski definition) is 3. The Morgan fingerprint density at radius 1 is 1.32 bits per heavy atom. The van der Waals surface area contributed by atoms with Gasteiger partial charge in [0, 0.05) is 6.54 Å². The molecule has 2 rings (SSSR count). The molecular weight excluding hydrogens is 302 g/mol. The topological polar surface area (TPSA) is 74.7 Å². The van der Waals surface area contributed by atoms with E-state index < -0.39 is 22.0 Å². The van der Waals surface area contributed by atoms with Gasteiger partial charge >= 0.3 is 5.97 Å². The Bertz CT molecular complexity index is 649. The second-order valence-corrected chi connectivity index (χ2v) is 8.26. The number of rotatable bonds is 5. The number of carbonyl (C=O) groups is 1. The minimum atomic E-state index is -3.75. The third-order valence-electron chi connectivity index (χ3n) is 4.62. The van der Waals surface area contributed by atoms with Gasteiger partial charge in [0.15, 0.2) is 0 Å². The Labute approximate surface area is 132 Å². The van der Waals surface area contributed by atoms with Crippen molar-refractivity contribution in [3.05, 3.63) is 29.8 Å². The van der Waals surface area contributed by atoms with Crippen molar-refractivity contribution in [3.8, 4) is 0 Å². The van der Waals surface area contributed by atoms with Gasteiger partial charge in [0.05, 0.1) is 4.90 Å². The summed E-state index contributed by atoms with van der Waals surface area (Å²) in [6.45, 7) is 6.57. The van der Waals surface area contributed by atoms with Gasteiger partial charge in [-0.05, 0) is 42.4 Å². The van der Waals surface area contributed by atoms with E-state index >= 15 is 0 Å². The molecule has 0 bridgehead atoms. The minimum absolute atomic E-state index is 0.0143. The van der Waals surface area contributed by atoms with Crippen molar-refractivity contribution in [1.82, 2.24) is 4.31 Å². The van der Waals surface area contributed by atoms with Crippen LogP contribution in [0.25, 0.3) is 0 Å². The SMILES string of the molecule is CCC(C)(C)c1ccc(S(=O)(=O)N2CCC[C@@H]2C(=O)O)cc1. The zero-order chi connectivity index (χ0) is 16.5. The van der Waals surface area contributed by atoms with Crippen LogP contribution in [0.3, 0.4) is 0 Å². The van der Waals surface area contributed by atoms with Gasteiger partial charge in [0.25, 0.3) is 0 Å². The first kappa shape index (κ1) is 17.0. The van der Waals surface area contributed by atoms with Crippen LogP contribution in [-0.2, 0) is 20.2 Å². The van der Waals surface area contributed by atoms with Gasteiger partial charge in [0.1, 0.15) is 6.04 Å². The van der Waals surface area contributed by atoms with Gasteiger partial charge in [0.2, 0.25) is 10.0 Å². The lowest BCUT2D eigenvalue weighted by molar-refractivity contribution is -0.140. The van der Waals surface area contributed by atoms with E-state index in [1.807, 2.05) is 12.1 Å². The van der Waals surface area contributed by atoms with Gasteiger partial charge in [-0.15, -0.1) is 0 Å². The van der Waals surface area contributed by atoms with Crippen LogP contribution in [-0.4, -0.2) is 36.4 Å². The van der Waals surface area contributed by atoms with E-state index in [4.69, 9.17) is 0 Å². The second kappa shape index (κ2) is 6.01. The Morgan fingerprint density at radius 2 is 1.91 bits per heavy atom. The molecule has 1 N–H and O–H groups in total. The normalized spacial score (nSPS) is 20.2. The molecule has 1 heterocycles. The van der Waals surface area contributed by atoms with Crippen LogP contribution in [0.4, 0.5) is 0 Å². The summed E-state index contributed by atoms with van der Waals surface area (Å²) in [6.07, 6.45) is 1.90. The number of benzene rings is 1. The zero-order valence-electron chi connectivity index (χ0n) is 13.2. The van der Waals surface area contributed by atoms with E-state index in [1.165, 1.54) is 0 Å². The summed E-state index contributed by atoms with van der Waals surface area (Å²) in [5, 5.41) is 9.17. The Hall–Kier alpha value is -1.40. The summed E-state index contributed by atoms with van der Waals surface area (Å²) in [7, 11) is -3.75. The molecular formula is C16H23NO4S. The first-order chi connectivity index (χ1) is 10.2. The average molecular weight is 325 g/mol. The maximum Gasteiger partial charge on any atom is 0.322 e. The fourth-order valence-electron chi connectivity index (χ4n) is 2.69. The molecule has 0 saturated carbocycles. The van der Waals surface area contributed by atoms with E-state index in [-0.39, 0.29) is 16.9 Å². The fourth-order valence-corrected chi connectivity index (χ4v) is 4.34. The molecule has 6 heteroatoms. The maximum atomic E-state index is 12.6. The van der Waals surface area contributed by atoms with Crippen molar-refractivity contribution in [2.24, 2.45) is 0 Å². The molecule has 1 aromatic carbocycles. The maximum absolute atomic E-state index is 12.6. The van der Waals surface area contributed by atoms with Crippen LogP contribution in [0, 0.1) is 0 Å². The van der Waals surface area contributed by atoms with Crippen LogP contribution >= 0.6 is 0 Å². The fraction of sp³-hybridized carbons (Fsp3) is 0.562. The summed E-state index contributed by atoms with van der Waals surface area (Å²) in [5.41, 5.74) is 1.06. The molecule has 1 atom stereocenters. The molecule has 0 radical (unpaired) electrons. The number of nitrogens with zero attached hydrogens (tertiary/aromatic N) is 1. The lowest BCUT2D eigenvalue weighted by atomic mass is 9.82. The van der Waals surface area contributed by atoms with Crippen LogP contribution in [0.15, 0.2) is 29.2 Å². The number of aliphatic carboxylic acids is 1. The number of carboxylic acids is 1. The van der Waals surface area contributed by atoms with Crippen molar-refractivity contribution in [2.45, 2.75) is 56.4 Å². The minimum Gasteiger partial charge on any atom is -0.480 e. The van der Waals surface area contributed by atoms with Crippen molar-refractivity contribution in [3.63, 3.8) is 0 Å². The Morgan fingerprint density at radius 3 is 2.41 bits per heavy atom. The molecule has 5 nitrogen and oxygen atoms in total. The standard InChI is InChI=1S/C16H23NO4S/c1-4-16(2,3)12-7-9-13(10-8-12)22(20,21)17-11-5-6-14(17)15(18)19/h7-10,14H,4-6,11H2,1-3H3,(H,18,19)/t14-/m1/s1. The summed E-state index contributed by atoms with van der Waals surface area (Å²) in [6, 6.07) is 5.86. The monoisotopic (exact) mass is 325 g/mol. The van der Waals surface area contributed by atoms with Crippen molar-refractivity contribution in [1.29, 1.82) is 0 Å². The predicted octanol–water partition coefficient (Wildman–Crippen LogP) is 2.61. The molecule has 1 aliphatic rings. The number of hydrogen-bond donors (Lipinski definition) is 1. The van der Waals surface area contributed by atoms with Gasteiger partial charge in [-0.1, -0.05) is 32.9 Å². The highest BCUT2D eigenvalue weighted by Crippen LogP contribution is 2.30. The summed E-state index contributed by atoms with van der Waals surface area (Å²) in [5.74, 6) is -1.08. The van der Waals surface area contributed by atoms with Crippen molar-refractivity contribution in [2.75, 3.05) is 6.54 Å². The average Bonchev–Trinajstić information content (AvgIpc) is 2.98. The van der Waals surface area contributed by atoms with Crippen molar-refractivity contribution < 1.29 is 18.3 Å². The van der Waals surface area contributed by atoms with Gasteiger partial charge in [-0.25, -0.2) is 8.42 Å². The molecule has 122 valence electrons. The molecule has 1 fully saturated rings. The first-order valence-corrected chi connectivity index (χ1v) is 8.99. The largest absolute Gasteiger partial charge is 0.480 e. The van der Waals surface area contributed by atoms with Crippen LogP contribution in [0.5, 0.6) is 0 Å². The quantitative estimate of drug-likeness (QED) is 0.903. The van der Waals surface area contributed by atoms with E-state index in [0.717, 1.165) is 16.3 Å². The van der Waals surface area contributed by atoms with Crippen LogP contribution in [0.1, 0.15) is 45.6 Å². The highest BCUT2D eigenvalue weighted by molar-refractivity contribution is 7.89. The van der Waals surface area contributed by atoms with E-state index in [2.05, 4.69) is 20.8 Å². The van der Waals surface area contributed by atoms with Gasteiger partial charge in [-0.3, -0.25) is 4.79 Å². The number of sulfonamides is 1. The number of carboxylic acid groups (broad SMARTS) is 1. The van der Waals surface area contributed by atoms with Crippen LogP contribution in [0.2, 0.25) is 0 Å². The first-order valence-electron chi connectivity index (χ1n) is 7.55. The van der Waals surface area contributed by atoms with Crippen molar-refractivity contribution >= 4 is 16.0 Å². The molecule has 0 aliphatic carbocycles. The third kappa shape index (κ3) is 3.03. The smallest absolute Gasteiger partial charge is 0.322 e. The molecule has 1 aromatic rings. The highest BCUT2D eigenvalue weighted by Gasteiger charge is 2.39. The molecule has 0 spiro atoms. The second-order valence-electron chi connectivity index (χ2n) is 6.37. The van der Waals surface area contributed by atoms with Gasteiger partial charge in [-0.2, -0.15) is 4.31 Å². The predicted molar refractivity (Wildman–Crippen MR) is 84.3 cm³/mol. The molecule has 0 aromatic heterocycles. The van der Waals surface area contributed by atoms with E-state index in [9.17, 15) is 18.3 Å². The van der Waals surface area contributed by atoms with E-state index in [1.54, 1.807) is 12.1 Å². The van der Waals surface area contributed by atoms with Gasteiger partial charge < -0.3 is 5.11 Å². The molecule has 22 heavy (non-hydrogen) atoms. The highest BCUT2D eigenvalue weighted by atomic mass is 32.2. The summed E-state index contributed by atoms with van der Waals surface area (Å²) < 4.78 is 26.4. The lowest BCUT2D eigenvalue weighted by Gasteiger charge is -2.24. The summed E-state index contributed by atoms with van der Waals surface area (Å²) >= 11 is 0. The van der Waals surface area contributed by atoms with Crippen LogP contribution < -0.4 is 0 Å². The Balaban J connectivity index is 2.33. The molecule has 0 amide bonds. The zero-order valence-corrected chi connectivity index (χ0v) is 14.1. The lowest BCUT2D eigenvalue weighted by Crippen LogP contribution is -2.40. The molecule has 1 saturated heterocycles. The Kier molecular flexibility index (Phi) is 4.63. The van der Waals surface area contributed by atoms with E-state index in [0.29, 0.717) is 12.8 Å². The molecule has 0 unspecified atom stereocenters. The molecule has 1 aliphatic heterocycles.